The molecule has 0 aliphatic heterocycles. The number of amides is 1. The van der Waals surface area contributed by atoms with Crippen LogP contribution in [0, 0.1) is 5.92 Å². The number of ether oxygens (including phenoxy) is 2. The van der Waals surface area contributed by atoms with Crippen molar-refractivity contribution in [2.75, 3.05) is 19.0 Å². The van der Waals surface area contributed by atoms with Gasteiger partial charge in [-0.05, 0) is 43.2 Å². The average Bonchev–Trinajstić information content (AvgIpc) is 3.57. The molecule has 1 aliphatic carbocycles. The average molecular weight is 411 g/mol. The molecule has 6 nitrogen and oxygen atoms in total. The van der Waals surface area contributed by atoms with Crippen LogP contribution in [0.2, 0.25) is 5.02 Å². The van der Waals surface area contributed by atoms with Gasteiger partial charge in [0.15, 0.2) is 6.61 Å². The molecular weight excluding hydrogens is 392 g/mol. The van der Waals surface area contributed by atoms with Crippen molar-refractivity contribution in [1.82, 2.24) is 4.98 Å². The summed E-state index contributed by atoms with van der Waals surface area (Å²) in [6.45, 7) is -0.228. The van der Waals surface area contributed by atoms with Gasteiger partial charge in [-0.15, -0.1) is 0 Å². The minimum atomic E-state index is -0.485. The Morgan fingerprint density at radius 1 is 1.14 bits per heavy atom. The monoisotopic (exact) mass is 410 g/mol. The van der Waals surface area contributed by atoms with Crippen LogP contribution >= 0.6 is 11.6 Å². The van der Waals surface area contributed by atoms with Crippen LogP contribution in [-0.2, 0) is 14.3 Å². The number of hydrogen-bond donors (Lipinski definition) is 1. The Hall–Kier alpha value is -3.12. The van der Waals surface area contributed by atoms with Gasteiger partial charge in [0.2, 0.25) is 5.91 Å². The normalized spacial score (nSPS) is 13.2. The lowest BCUT2D eigenvalue weighted by molar-refractivity contribution is -0.142. The van der Waals surface area contributed by atoms with E-state index in [1.54, 1.807) is 24.3 Å². The molecule has 1 N–H and O–H groups in total. The topological polar surface area (TPSA) is 77.5 Å². The molecule has 2 aromatic carbocycles. The van der Waals surface area contributed by atoms with E-state index in [2.05, 4.69) is 10.1 Å². The number of hydrogen-bond acceptors (Lipinski definition) is 5. The molecule has 1 aromatic heterocycles. The van der Waals surface area contributed by atoms with Gasteiger partial charge in [-0.25, -0.2) is 9.78 Å². The molecule has 0 bridgehead atoms. The summed E-state index contributed by atoms with van der Waals surface area (Å²) in [5.41, 5.74) is 2.90. The summed E-state index contributed by atoms with van der Waals surface area (Å²) in [5, 5.41) is 4.25. The lowest BCUT2D eigenvalue weighted by atomic mass is 10.1. The quantitative estimate of drug-likeness (QED) is 0.607. The second-order valence-electron chi connectivity index (χ2n) is 6.87. The van der Waals surface area contributed by atoms with Gasteiger partial charge in [0.05, 0.1) is 18.3 Å². The van der Waals surface area contributed by atoms with Gasteiger partial charge in [-0.3, -0.25) is 4.79 Å². The van der Waals surface area contributed by atoms with Gasteiger partial charge >= 0.3 is 5.97 Å². The van der Waals surface area contributed by atoms with Crippen LogP contribution in [-0.4, -0.2) is 30.6 Å². The molecule has 0 spiro atoms. The largest absolute Gasteiger partial charge is 0.481 e. The van der Waals surface area contributed by atoms with Crippen LogP contribution in [0.1, 0.15) is 12.8 Å². The maximum Gasteiger partial charge on any atom is 0.343 e. The van der Waals surface area contributed by atoms with Crippen LogP contribution in [0.15, 0.2) is 48.5 Å². The number of methoxy groups -OCH3 is 1. The van der Waals surface area contributed by atoms with E-state index in [1.165, 1.54) is 7.11 Å². The lowest BCUT2D eigenvalue weighted by Crippen LogP contribution is -2.14. The number of aromatic nitrogens is 1. The molecular formula is C22H19ClN2O4. The van der Waals surface area contributed by atoms with E-state index in [1.807, 2.05) is 24.3 Å². The number of esters is 1. The first-order chi connectivity index (χ1) is 14.0. The zero-order chi connectivity index (χ0) is 20.4. The van der Waals surface area contributed by atoms with Crippen molar-refractivity contribution in [3.63, 3.8) is 0 Å². The van der Waals surface area contributed by atoms with E-state index in [-0.39, 0.29) is 18.4 Å². The molecule has 1 fully saturated rings. The van der Waals surface area contributed by atoms with Gasteiger partial charge in [0.1, 0.15) is 5.75 Å². The Morgan fingerprint density at radius 3 is 2.59 bits per heavy atom. The summed E-state index contributed by atoms with van der Waals surface area (Å²) in [7, 11) is 1.31. The van der Waals surface area contributed by atoms with Gasteiger partial charge in [-0.2, -0.15) is 0 Å². The number of anilines is 1. The van der Waals surface area contributed by atoms with Crippen molar-refractivity contribution >= 4 is 40.1 Å². The summed E-state index contributed by atoms with van der Waals surface area (Å²) < 4.78 is 10.4. The zero-order valence-corrected chi connectivity index (χ0v) is 16.5. The van der Waals surface area contributed by atoms with Crippen LogP contribution in [0.3, 0.4) is 0 Å². The minimum absolute atomic E-state index is 0.0205. The van der Waals surface area contributed by atoms with Crippen molar-refractivity contribution in [2.24, 2.45) is 5.92 Å². The number of benzene rings is 2. The summed E-state index contributed by atoms with van der Waals surface area (Å²) >= 11 is 5.98. The minimum Gasteiger partial charge on any atom is -0.481 e. The molecule has 1 saturated carbocycles. The zero-order valence-electron chi connectivity index (χ0n) is 15.8. The Labute approximate surface area is 172 Å². The Morgan fingerprint density at radius 2 is 1.90 bits per heavy atom. The first-order valence-electron chi connectivity index (χ1n) is 9.25. The van der Waals surface area contributed by atoms with Crippen molar-refractivity contribution in [1.29, 1.82) is 0 Å². The number of nitrogens with one attached hydrogen (secondary N) is 1. The van der Waals surface area contributed by atoms with Crippen LogP contribution in [0.25, 0.3) is 22.2 Å². The van der Waals surface area contributed by atoms with E-state index in [0.717, 1.165) is 18.4 Å². The van der Waals surface area contributed by atoms with E-state index in [0.29, 0.717) is 33.1 Å². The molecule has 1 heterocycles. The molecule has 148 valence electrons. The van der Waals surface area contributed by atoms with Crippen molar-refractivity contribution in [3.8, 4) is 17.0 Å². The fraction of sp³-hybridized carbons (Fsp3) is 0.227. The predicted molar refractivity (Wildman–Crippen MR) is 111 cm³/mol. The molecule has 29 heavy (non-hydrogen) atoms. The highest BCUT2D eigenvalue weighted by atomic mass is 35.5. The first-order valence-corrected chi connectivity index (χ1v) is 9.62. The molecule has 4 rings (SSSR count). The van der Waals surface area contributed by atoms with Gasteiger partial charge in [-0.1, -0.05) is 23.7 Å². The second-order valence-corrected chi connectivity index (χ2v) is 7.31. The highest BCUT2D eigenvalue weighted by molar-refractivity contribution is 6.30. The van der Waals surface area contributed by atoms with E-state index in [9.17, 15) is 9.59 Å². The SMILES string of the molecule is COC(=O)COc1cc(-c2ccc(Cl)cc2)nc2ccc(NC(=O)C3CC3)cc12. The fourth-order valence-corrected chi connectivity index (χ4v) is 3.07. The number of nitrogens with zero attached hydrogens (tertiary/aromatic N) is 1. The van der Waals surface area contributed by atoms with Gasteiger partial charge in [0.25, 0.3) is 0 Å². The highest BCUT2D eigenvalue weighted by Crippen LogP contribution is 2.34. The Kier molecular flexibility index (Phi) is 5.36. The molecule has 3 aromatic rings. The second kappa shape index (κ2) is 8.09. The van der Waals surface area contributed by atoms with E-state index >= 15 is 0 Å². The molecule has 1 aliphatic rings. The first kappa shape index (κ1) is 19.2. The Bertz CT molecular complexity index is 1080. The van der Waals surface area contributed by atoms with Gasteiger partial charge in [0, 0.05) is 33.6 Å². The number of carbonyl (C=O) groups is 2. The maximum absolute atomic E-state index is 12.1. The fourth-order valence-electron chi connectivity index (χ4n) is 2.95. The van der Waals surface area contributed by atoms with Crippen LogP contribution in [0.4, 0.5) is 5.69 Å². The number of fused-ring (bicyclic) bond motifs is 1. The third-order valence-electron chi connectivity index (χ3n) is 4.70. The molecule has 7 heteroatoms. The van der Waals surface area contributed by atoms with Crippen molar-refractivity contribution in [3.05, 3.63) is 53.6 Å². The number of rotatable bonds is 6. The summed E-state index contributed by atoms with van der Waals surface area (Å²) in [4.78, 5) is 28.4. The predicted octanol–water partition coefficient (Wildman–Crippen LogP) is 4.46. The third kappa shape index (κ3) is 4.49. The summed E-state index contributed by atoms with van der Waals surface area (Å²) in [5.74, 6) is 0.118. The van der Waals surface area contributed by atoms with Crippen molar-refractivity contribution < 1.29 is 19.1 Å². The summed E-state index contributed by atoms with van der Waals surface area (Å²) in [6.07, 6.45) is 1.86. The molecule has 0 saturated heterocycles. The molecule has 0 atom stereocenters. The highest BCUT2D eigenvalue weighted by Gasteiger charge is 2.29. The summed E-state index contributed by atoms with van der Waals surface area (Å²) in [6, 6.07) is 14.5. The number of pyridine rings is 1. The maximum atomic E-state index is 12.1. The van der Waals surface area contributed by atoms with Crippen molar-refractivity contribution in [2.45, 2.75) is 12.8 Å². The van der Waals surface area contributed by atoms with Crippen LogP contribution < -0.4 is 10.1 Å². The smallest absolute Gasteiger partial charge is 0.343 e. The number of halogens is 1. The lowest BCUT2D eigenvalue weighted by Gasteiger charge is -2.13. The number of carbonyl (C=O) groups excluding carboxylic acids is 2. The third-order valence-corrected chi connectivity index (χ3v) is 4.95. The van der Waals surface area contributed by atoms with Crippen LogP contribution in [0.5, 0.6) is 5.75 Å². The standard InChI is InChI=1S/C22H19ClN2O4/c1-28-21(26)12-29-20-11-19(13-4-6-15(23)7-5-13)25-18-9-8-16(10-17(18)20)24-22(27)14-2-3-14/h4-11,14H,2-3,12H2,1H3,(H,24,27). The van der Waals surface area contributed by atoms with Gasteiger partial charge < -0.3 is 14.8 Å². The molecule has 1 amide bonds. The van der Waals surface area contributed by atoms with E-state index in [4.69, 9.17) is 21.3 Å². The Balaban J connectivity index is 1.73. The molecule has 0 unspecified atom stereocenters. The van der Waals surface area contributed by atoms with E-state index < -0.39 is 5.97 Å². The molecule has 0 radical (unpaired) electrons.